The molecule has 0 saturated carbocycles. The number of carbonyl (C=O) groups excluding carboxylic acids is 2. The molecule has 2 rings (SSSR count). The van der Waals surface area contributed by atoms with Crippen LogP contribution in [0.25, 0.3) is 10.8 Å². The molecule has 0 unspecified atom stereocenters. The minimum atomic E-state index is -1.28. The molecule has 0 saturated heterocycles. The fraction of sp³-hybridized carbons (Fsp3) is 0.478. The van der Waals surface area contributed by atoms with Crippen LogP contribution in [-0.2, 0) is 20.8 Å². The van der Waals surface area contributed by atoms with Crippen molar-refractivity contribution in [2.24, 2.45) is 0 Å². The average Bonchev–Trinajstić information content (AvgIpc) is 2.60. The van der Waals surface area contributed by atoms with Crippen LogP contribution in [0.2, 0.25) is 5.02 Å². The fourth-order valence-electron chi connectivity index (χ4n) is 3.17. The summed E-state index contributed by atoms with van der Waals surface area (Å²) in [5.41, 5.74) is -2.40. The lowest BCUT2D eigenvalue weighted by atomic mass is 10.1. The van der Waals surface area contributed by atoms with E-state index < -0.39 is 47.5 Å². The molecule has 0 bridgehead atoms. The number of imide groups is 1. The van der Waals surface area contributed by atoms with Crippen LogP contribution in [0.4, 0.5) is 9.59 Å². The van der Waals surface area contributed by atoms with E-state index in [4.69, 9.17) is 21.1 Å². The van der Waals surface area contributed by atoms with Gasteiger partial charge in [0.15, 0.2) is 0 Å². The number of aromatic nitrogens is 1. The number of halogens is 1. The maximum Gasteiger partial charge on any atom is 0.420 e. The number of hydrogen-bond acceptors (Lipinski definition) is 6. The second kappa shape index (κ2) is 9.43. The van der Waals surface area contributed by atoms with Gasteiger partial charge in [-0.1, -0.05) is 23.7 Å². The highest BCUT2D eigenvalue weighted by Crippen LogP contribution is 2.28. The van der Waals surface area contributed by atoms with Gasteiger partial charge in [-0.3, -0.25) is 14.2 Å². The number of aliphatic carboxylic acids is 1. The Labute approximate surface area is 196 Å². The number of carbonyl (C=O) groups is 3. The lowest BCUT2D eigenvalue weighted by molar-refractivity contribution is -0.137. The Morgan fingerprint density at radius 1 is 1.06 bits per heavy atom. The van der Waals surface area contributed by atoms with Gasteiger partial charge in [-0.2, -0.15) is 0 Å². The monoisotopic (exact) mass is 480 g/mol. The predicted octanol–water partition coefficient (Wildman–Crippen LogP) is 4.97. The maximum atomic E-state index is 13.2. The zero-order valence-electron chi connectivity index (χ0n) is 19.8. The Hall–Kier alpha value is -3.07. The number of fused-ring (bicyclic) bond motifs is 1. The van der Waals surface area contributed by atoms with Crippen LogP contribution in [0.3, 0.4) is 0 Å². The molecule has 33 heavy (non-hydrogen) atoms. The Morgan fingerprint density at radius 2 is 1.58 bits per heavy atom. The van der Waals surface area contributed by atoms with Crippen molar-refractivity contribution in [3.05, 3.63) is 45.3 Å². The number of amides is 2. The molecule has 1 atom stereocenters. The molecular formula is C23H29ClN2O7. The number of benzene rings is 1. The van der Waals surface area contributed by atoms with Crippen molar-refractivity contribution in [3.63, 3.8) is 0 Å². The number of hydrogen-bond donors (Lipinski definition) is 1. The van der Waals surface area contributed by atoms with E-state index >= 15 is 0 Å². The molecule has 2 aromatic rings. The third-order valence-corrected chi connectivity index (χ3v) is 4.72. The first-order valence-electron chi connectivity index (χ1n) is 10.3. The van der Waals surface area contributed by atoms with Gasteiger partial charge in [0.05, 0.1) is 16.5 Å². The summed E-state index contributed by atoms with van der Waals surface area (Å²) in [6, 6.07) is 5.21. The molecule has 1 aromatic carbocycles. The van der Waals surface area contributed by atoms with Crippen molar-refractivity contribution in [1.29, 1.82) is 0 Å². The Bertz CT molecular complexity index is 1110. The van der Waals surface area contributed by atoms with Crippen molar-refractivity contribution >= 4 is 40.5 Å². The SMILES string of the molecule is C[C@@H](c1cc2cccc(Cl)c2c(=O)n1CC(=O)O)N(C(=O)OC(C)(C)C)C(=O)OC(C)(C)C. The molecule has 0 fully saturated rings. The smallest absolute Gasteiger partial charge is 0.420 e. The molecule has 0 aliphatic carbocycles. The standard InChI is InChI=1S/C23H29ClN2O7/c1-13(26(20(30)32-22(2,3)4)21(31)33-23(5,6)7)16-11-14-9-8-10-15(24)18(14)19(29)25(16)12-17(27)28/h8-11,13H,12H2,1-7H3,(H,27,28)/t13-/m0/s1. The van der Waals surface area contributed by atoms with E-state index in [1.807, 2.05) is 0 Å². The van der Waals surface area contributed by atoms with E-state index in [0.717, 1.165) is 9.47 Å². The normalized spacial score (nSPS) is 12.8. The lowest BCUT2D eigenvalue weighted by Gasteiger charge is -2.33. The third-order valence-electron chi connectivity index (χ3n) is 4.41. The van der Waals surface area contributed by atoms with Gasteiger partial charge in [0.2, 0.25) is 0 Å². The summed E-state index contributed by atoms with van der Waals surface area (Å²) in [7, 11) is 0. The zero-order chi connectivity index (χ0) is 25.3. The topological polar surface area (TPSA) is 115 Å². The van der Waals surface area contributed by atoms with Crippen LogP contribution in [-0.4, -0.2) is 43.9 Å². The summed E-state index contributed by atoms with van der Waals surface area (Å²) >= 11 is 6.19. The molecular weight excluding hydrogens is 452 g/mol. The lowest BCUT2D eigenvalue weighted by Crippen LogP contribution is -2.46. The summed E-state index contributed by atoms with van der Waals surface area (Å²) in [4.78, 5) is 51.5. The van der Waals surface area contributed by atoms with Gasteiger partial charge in [-0.25, -0.2) is 14.5 Å². The van der Waals surface area contributed by atoms with Crippen molar-refractivity contribution in [2.45, 2.75) is 72.3 Å². The van der Waals surface area contributed by atoms with E-state index in [9.17, 15) is 24.3 Å². The van der Waals surface area contributed by atoms with Gasteiger partial charge >= 0.3 is 18.2 Å². The minimum Gasteiger partial charge on any atom is -0.480 e. The van der Waals surface area contributed by atoms with Gasteiger partial charge in [-0.15, -0.1) is 0 Å². The number of pyridine rings is 1. The zero-order valence-corrected chi connectivity index (χ0v) is 20.5. The van der Waals surface area contributed by atoms with Gasteiger partial charge in [0, 0.05) is 5.69 Å². The van der Waals surface area contributed by atoms with Crippen LogP contribution in [0.15, 0.2) is 29.1 Å². The van der Waals surface area contributed by atoms with Crippen LogP contribution in [0.5, 0.6) is 0 Å². The average molecular weight is 481 g/mol. The first-order valence-corrected chi connectivity index (χ1v) is 10.7. The van der Waals surface area contributed by atoms with Crippen LogP contribution < -0.4 is 5.56 Å². The molecule has 10 heteroatoms. The molecule has 0 radical (unpaired) electrons. The highest BCUT2D eigenvalue weighted by molar-refractivity contribution is 6.35. The fourth-order valence-corrected chi connectivity index (χ4v) is 3.43. The van der Waals surface area contributed by atoms with Crippen molar-refractivity contribution in [1.82, 2.24) is 9.47 Å². The van der Waals surface area contributed by atoms with Crippen molar-refractivity contribution in [3.8, 4) is 0 Å². The molecule has 2 amide bonds. The van der Waals surface area contributed by atoms with Crippen LogP contribution in [0.1, 0.15) is 60.2 Å². The van der Waals surface area contributed by atoms with E-state index in [1.165, 1.54) is 19.1 Å². The van der Waals surface area contributed by atoms with E-state index in [2.05, 4.69) is 0 Å². The molecule has 1 heterocycles. The molecule has 0 aliphatic rings. The Kier molecular flexibility index (Phi) is 7.48. The number of ether oxygens (including phenoxy) is 2. The van der Waals surface area contributed by atoms with Crippen LogP contribution in [0, 0.1) is 0 Å². The number of nitrogens with zero attached hydrogens (tertiary/aromatic N) is 2. The summed E-state index contributed by atoms with van der Waals surface area (Å²) < 4.78 is 11.8. The summed E-state index contributed by atoms with van der Waals surface area (Å²) in [6.45, 7) is 10.6. The van der Waals surface area contributed by atoms with E-state index in [-0.39, 0.29) is 16.1 Å². The first kappa shape index (κ1) is 26.2. The maximum absolute atomic E-state index is 13.2. The largest absolute Gasteiger partial charge is 0.480 e. The van der Waals surface area contributed by atoms with E-state index in [0.29, 0.717) is 5.39 Å². The number of carboxylic acid groups (broad SMARTS) is 1. The molecule has 180 valence electrons. The Balaban J connectivity index is 2.74. The summed E-state index contributed by atoms with van der Waals surface area (Å²) in [5, 5.41) is 10.1. The number of rotatable bonds is 4. The summed E-state index contributed by atoms with van der Waals surface area (Å²) in [5.74, 6) is -1.28. The minimum absolute atomic E-state index is 0.105. The first-order chi connectivity index (χ1) is 15.0. The van der Waals surface area contributed by atoms with Crippen molar-refractivity contribution < 1.29 is 29.0 Å². The molecule has 1 N–H and O–H groups in total. The molecule has 1 aromatic heterocycles. The van der Waals surface area contributed by atoms with Gasteiger partial charge in [0.1, 0.15) is 17.7 Å². The quantitative estimate of drug-likeness (QED) is 0.656. The molecule has 0 aliphatic heterocycles. The van der Waals surface area contributed by atoms with E-state index in [1.54, 1.807) is 53.7 Å². The molecule has 0 spiro atoms. The third kappa shape index (κ3) is 6.47. The predicted molar refractivity (Wildman–Crippen MR) is 124 cm³/mol. The highest BCUT2D eigenvalue weighted by atomic mass is 35.5. The van der Waals surface area contributed by atoms with Gasteiger partial charge < -0.3 is 14.6 Å². The molecule has 9 nitrogen and oxygen atoms in total. The van der Waals surface area contributed by atoms with Gasteiger partial charge in [-0.05, 0) is 66.0 Å². The second-order valence-corrected chi connectivity index (χ2v) is 9.97. The highest BCUT2D eigenvalue weighted by Gasteiger charge is 2.37. The second-order valence-electron chi connectivity index (χ2n) is 9.56. The van der Waals surface area contributed by atoms with Crippen molar-refractivity contribution in [2.75, 3.05) is 0 Å². The number of carboxylic acids is 1. The Morgan fingerprint density at radius 3 is 2.03 bits per heavy atom. The van der Waals surface area contributed by atoms with Crippen LogP contribution >= 0.6 is 11.6 Å². The summed E-state index contributed by atoms with van der Waals surface area (Å²) in [6.07, 6.45) is -1.99. The van der Waals surface area contributed by atoms with Gasteiger partial charge in [0.25, 0.3) is 5.56 Å².